The maximum absolute atomic E-state index is 12.4. The van der Waals surface area contributed by atoms with Crippen LogP contribution in [0.4, 0.5) is 5.69 Å². The summed E-state index contributed by atoms with van der Waals surface area (Å²) in [6.45, 7) is 6.01. The predicted octanol–water partition coefficient (Wildman–Crippen LogP) is 3.30. The van der Waals surface area contributed by atoms with Gasteiger partial charge in [0.2, 0.25) is 5.91 Å². The van der Waals surface area contributed by atoms with Gasteiger partial charge in [0, 0.05) is 12.7 Å². The second kappa shape index (κ2) is 4.96. The minimum absolute atomic E-state index is 0.128. The lowest BCUT2D eigenvalue weighted by atomic mass is 9.84. The lowest BCUT2D eigenvalue weighted by Crippen LogP contribution is -2.33. The molecule has 0 aromatic heterocycles. The van der Waals surface area contributed by atoms with Gasteiger partial charge in [0.1, 0.15) is 0 Å². The SMILES string of the molecule is Cc1cccc(C(N)c2ccc3c(c2)C(C)(C)C(=O)N3C)c1. The second-order valence-electron chi connectivity index (χ2n) is 6.66. The molecule has 1 unspecified atom stereocenters. The summed E-state index contributed by atoms with van der Waals surface area (Å²) in [5, 5.41) is 0. The number of nitrogens with zero attached hydrogens (tertiary/aromatic N) is 1. The van der Waals surface area contributed by atoms with Crippen LogP contribution in [-0.4, -0.2) is 13.0 Å². The normalized spacial score (nSPS) is 17.5. The lowest BCUT2D eigenvalue weighted by Gasteiger charge is -2.18. The standard InChI is InChI=1S/C19H22N2O/c1-12-6-5-7-13(10-12)17(20)14-8-9-16-15(11-14)19(2,3)18(22)21(16)4/h5-11,17H,20H2,1-4H3. The summed E-state index contributed by atoms with van der Waals surface area (Å²) in [4.78, 5) is 14.1. The van der Waals surface area contributed by atoms with Gasteiger partial charge in [-0.25, -0.2) is 0 Å². The molecule has 0 saturated carbocycles. The van der Waals surface area contributed by atoms with Gasteiger partial charge in [0.05, 0.1) is 11.5 Å². The van der Waals surface area contributed by atoms with Crippen LogP contribution >= 0.6 is 0 Å². The van der Waals surface area contributed by atoms with Crippen LogP contribution in [0.1, 0.15) is 42.1 Å². The van der Waals surface area contributed by atoms with E-state index in [0.717, 1.165) is 22.4 Å². The van der Waals surface area contributed by atoms with E-state index < -0.39 is 5.41 Å². The maximum Gasteiger partial charge on any atom is 0.236 e. The summed E-state index contributed by atoms with van der Waals surface area (Å²) in [6.07, 6.45) is 0. The van der Waals surface area contributed by atoms with Gasteiger partial charge in [-0.05, 0) is 43.5 Å². The molecule has 0 bridgehead atoms. The van der Waals surface area contributed by atoms with Gasteiger partial charge in [-0.15, -0.1) is 0 Å². The number of rotatable bonds is 2. The molecule has 22 heavy (non-hydrogen) atoms. The number of fused-ring (bicyclic) bond motifs is 1. The molecule has 2 aromatic carbocycles. The van der Waals surface area contributed by atoms with E-state index in [9.17, 15) is 4.79 Å². The molecule has 0 fully saturated rings. The van der Waals surface area contributed by atoms with E-state index in [1.54, 1.807) is 4.90 Å². The van der Waals surface area contributed by atoms with Crippen molar-refractivity contribution in [2.45, 2.75) is 32.2 Å². The Hall–Kier alpha value is -2.13. The van der Waals surface area contributed by atoms with Crippen molar-refractivity contribution < 1.29 is 4.79 Å². The van der Waals surface area contributed by atoms with E-state index in [1.807, 2.05) is 45.2 Å². The Labute approximate surface area is 131 Å². The molecule has 3 nitrogen and oxygen atoms in total. The minimum Gasteiger partial charge on any atom is -0.320 e. The fraction of sp³-hybridized carbons (Fsp3) is 0.316. The molecule has 1 aliphatic rings. The molecular weight excluding hydrogens is 272 g/mol. The van der Waals surface area contributed by atoms with Gasteiger partial charge in [-0.2, -0.15) is 0 Å². The molecule has 1 atom stereocenters. The number of hydrogen-bond acceptors (Lipinski definition) is 2. The van der Waals surface area contributed by atoms with E-state index in [2.05, 4.69) is 25.1 Å². The number of hydrogen-bond donors (Lipinski definition) is 1. The Bertz CT molecular complexity index is 749. The Kier molecular flexibility index (Phi) is 3.33. The van der Waals surface area contributed by atoms with Crippen LogP contribution in [0.25, 0.3) is 0 Å². The first-order valence-corrected chi connectivity index (χ1v) is 7.57. The van der Waals surface area contributed by atoms with Gasteiger partial charge in [0.15, 0.2) is 0 Å². The first-order valence-electron chi connectivity index (χ1n) is 7.57. The number of aryl methyl sites for hydroxylation is 1. The molecule has 1 heterocycles. The second-order valence-corrected chi connectivity index (χ2v) is 6.66. The predicted molar refractivity (Wildman–Crippen MR) is 90.1 cm³/mol. The number of likely N-dealkylation sites (N-methyl/N-ethyl adjacent to an activating group) is 1. The number of benzene rings is 2. The lowest BCUT2D eigenvalue weighted by molar-refractivity contribution is -0.121. The summed E-state index contributed by atoms with van der Waals surface area (Å²) in [5.74, 6) is 0.128. The molecule has 114 valence electrons. The zero-order valence-electron chi connectivity index (χ0n) is 13.6. The van der Waals surface area contributed by atoms with E-state index in [4.69, 9.17) is 5.73 Å². The average Bonchev–Trinajstić information content (AvgIpc) is 2.67. The minimum atomic E-state index is -0.494. The van der Waals surface area contributed by atoms with E-state index >= 15 is 0 Å². The Morgan fingerprint density at radius 3 is 2.45 bits per heavy atom. The summed E-state index contributed by atoms with van der Waals surface area (Å²) < 4.78 is 0. The van der Waals surface area contributed by atoms with Crippen LogP contribution in [0, 0.1) is 6.92 Å². The van der Waals surface area contributed by atoms with Crippen molar-refractivity contribution in [3.8, 4) is 0 Å². The third-order valence-electron chi connectivity index (χ3n) is 4.65. The monoisotopic (exact) mass is 294 g/mol. The highest BCUT2D eigenvalue weighted by Crippen LogP contribution is 2.42. The highest BCUT2D eigenvalue weighted by molar-refractivity contribution is 6.07. The van der Waals surface area contributed by atoms with Crippen LogP contribution in [-0.2, 0) is 10.2 Å². The Morgan fingerprint density at radius 2 is 1.77 bits per heavy atom. The zero-order chi connectivity index (χ0) is 16.1. The summed E-state index contributed by atoms with van der Waals surface area (Å²) in [5.41, 5.74) is 11.3. The van der Waals surface area contributed by atoms with Gasteiger partial charge >= 0.3 is 0 Å². The highest BCUT2D eigenvalue weighted by atomic mass is 16.2. The number of anilines is 1. The third kappa shape index (κ3) is 2.13. The number of nitrogens with two attached hydrogens (primary N) is 1. The van der Waals surface area contributed by atoms with Crippen molar-refractivity contribution >= 4 is 11.6 Å². The van der Waals surface area contributed by atoms with Gasteiger partial charge in [-0.1, -0.05) is 42.0 Å². The van der Waals surface area contributed by atoms with Crippen molar-refractivity contribution in [3.05, 3.63) is 64.7 Å². The summed E-state index contributed by atoms with van der Waals surface area (Å²) in [6, 6.07) is 14.2. The smallest absolute Gasteiger partial charge is 0.236 e. The van der Waals surface area contributed by atoms with Crippen LogP contribution in [0.5, 0.6) is 0 Å². The highest BCUT2D eigenvalue weighted by Gasteiger charge is 2.42. The quantitative estimate of drug-likeness (QED) is 0.923. The van der Waals surface area contributed by atoms with Crippen molar-refractivity contribution in [3.63, 3.8) is 0 Å². The molecule has 1 aliphatic heterocycles. The largest absolute Gasteiger partial charge is 0.320 e. The fourth-order valence-electron chi connectivity index (χ4n) is 3.24. The average molecular weight is 294 g/mol. The van der Waals surface area contributed by atoms with Crippen LogP contribution in [0.15, 0.2) is 42.5 Å². The number of carbonyl (C=O) groups is 1. The molecule has 0 spiro atoms. The van der Waals surface area contributed by atoms with Gasteiger partial charge in [0.25, 0.3) is 0 Å². The number of amides is 1. The molecular formula is C19H22N2O. The molecule has 3 heteroatoms. The Balaban J connectivity index is 2.05. The van der Waals surface area contributed by atoms with Gasteiger partial charge in [-0.3, -0.25) is 4.79 Å². The zero-order valence-corrected chi connectivity index (χ0v) is 13.6. The maximum atomic E-state index is 12.4. The molecule has 2 aromatic rings. The molecule has 0 saturated heterocycles. The third-order valence-corrected chi connectivity index (χ3v) is 4.65. The fourth-order valence-corrected chi connectivity index (χ4v) is 3.24. The van der Waals surface area contributed by atoms with E-state index in [0.29, 0.717) is 0 Å². The Morgan fingerprint density at radius 1 is 1.09 bits per heavy atom. The molecule has 3 rings (SSSR count). The van der Waals surface area contributed by atoms with Crippen LogP contribution < -0.4 is 10.6 Å². The summed E-state index contributed by atoms with van der Waals surface area (Å²) >= 11 is 0. The number of carbonyl (C=O) groups excluding carboxylic acids is 1. The molecule has 2 N–H and O–H groups in total. The van der Waals surface area contributed by atoms with Crippen molar-refractivity contribution in [2.75, 3.05) is 11.9 Å². The molecule has 0 radical (unpaired) electrons. The van der Waals surface area contributed by atoms with Gasteiger partial charge < -0.3 is 10.6 Å². The molecule has 0 aliphatic carbocycles. The topological polar surface area (TPSA) is 46.3 Å². The van der Waals surface area contributed by atoms with Crippen molar-refractivity contribution in [2.24, 2.45) is 5.73 Å². The first-order chi connectivity index (χ1) is 10.3. The van der Waals surface area contributed by atoms with Crippen molar-refractivity contribution in [1.82, 2.24) is 0 Å². The molecule has 1 amide bonds. The van der Waals surface area contributed by atoms with E-state index in [-0.39, 0.29) is 11.9 Å². The summed E-state index contributed by atoms with van der Waals surface area (Å²) in [7, 11) is 1.83. The van der Waals surface area contributed by atoms with Crippen molar-refractivity contribution in [1.29, 1.82) is 0 Å². The first kappa shape index (κ1) is 14.8. The van der Waals surface area contributed by atoms with Crippen LogP contribution in [0.2, 0.25) is 0 Å². The van der Waals surface area contributed by atoms with E-state index in [1.165, 1.54) is 5.56 Å². The van der Waals surface area contributed by atoms with Crippen LogP contribution in [0.3, 0.4) is 0 Å².